The highest BCUT2D eigenvalue weighted by molar-refractivity contribution is 6.31. The SMILES string of the molecule is CCOc1cc(C(=O)NCc2c(Cl)cccc2OC)ccc1OCC(=O)O. The second kappa shape index (κ2) is 9.68. The van der Waals surface area contributed by atoms with Gasteiger partial charge in [-0.15, -0.1) is 0 Å². The number of nitrogens with one attached hydrogen (secondary N) is 1. The Balaban J connectivity index is 2.14. The predicted octanol–water partition coefficient (Wildman–Crippen LogP) is 3.14. The minimum absolute atomic E-state index is 0.183. The maximum atomic E-state index is 12.5. The van der Waals surface area contributed by atoms with Crippen molar-refractivity contribution < 1.29 is 28.9 Å². The van der Waals surface area contributed by atoms with E-state index in [4.69, 9.17) is 30.9 Å². The zero-order valence-corrected chi connectivity index (χ0v) is 15.7. The van der Waals surface area contributed by atoms with E-state index >= 15 is 0 Å². The summed E-state index contributed by atoms with van der Waals surface area (Å²) in [7, 11) is 1.53. The Hall–Kier alpha value is -2.93. The molecule has 144 valence electrons. The number of halogens is 1. The number of carboxylic acid groups (broad SMARTS) is 1. The van der Waals surface area contributed by atoms with Crippen molar-refractivity contribution in [2.45, 2.75) is 13.5 Å². The monoisotopic (exact) mass is 393 g/mol. The van der Waals surface area contributed by atoms with Crippen LogP contribution in [-0.4, -0.2) is 37.3 Å². The molecule has 0 unspecified atom stereocenters. The van der Waals surface area contributed by atoms with E-state index in [1.165, 1.54) is 25.3 Å². The van der Waals surface area contributed by atoms with Gasteiger partial charge in [-0.05, 0) is 37.3 Å². The Morgan fingerprint density at radius 3 is 2.56 bits per heavy atom. The van der Waals surface area contributed by atoms with Crippen LogP contribution in [0.15, 0.2) is 36.4 Å². The molecule has 27 heavy (non-hydrogen) atoms. The Kier molecular flexibility index (Phi) is 7.31. The minimum Gasteiger partial charge on any atom is -0.496 e. The third-order valence-corrected chi connectivity index (χ3v) is 3.93. The van der Waals surface area contributed by atoms with Gasteiger partial charge in [-0.25, -0.2) is 4.79 Å². The average Bonchev–Trinajstić information content (AvgIpc) is 2.65. The maximum absolute atomic E-state index is 12.5. The van der Waals surface area contributed by atoms with Crippen LogP contribution in [0.25, 0.3) is 0 Å². The third-order valence-electron chi connectivity index (χ3n) is 3.58. The molecule has 0 fully saturated rings. The van der Waals surface area contributed by atoms with Crippen molar-refractivity contribution in [2.75, 3.05) is 20.3 Å². The van der Waals surface area contributed by atoms with Gasteiger partial charge in [0.05, 0.1) is 13.7 Å². The van der Waals surface area contributed by atoms with E-state index in [0.29, 0.717) is 34.3 Å². The molecule has 7 nitrogen and oxygen atoms in total. The average molecular weight is 394 g/mol. The van der Waals surface area contributed by atoms with Crippen molar-refractivity contribution in [3.63, 3.8) is 0 Å². The van der Waals surface area contributed by atoms with Gasteiger partial charge < -0.3 is 24.6 Å². The van der Waals surface area contributed by atoms with E-state index < -0.39 is 12.6 Å². The first-order chi connectivity index (χ1) is 13.0. The van der Waals surface area contributed by atoms with Gasteiger partial charge in [0.1, 0.15) is 5.75 Å². The van der Waals surface area contributed by atoms with Crippen molar-refractivity contribution in [3.8, 4) is 17.2 Å². The summed E-state index contributed by atoms with van der Waals surface area (Å²) < 4.78 is 15.9. The second-order valence-electron chi connectivity index (χ2n) is 5.38. The summed E-state index contributed by atoms with van der Waals surface area (Å²) in [6, 6.07) is 9.76. The molecule has 0 atom stereocenters. The lowest BCUT2D eigenvalue weighted by Crippen LogP contribution is -2.23. The smallest absolute Gasteiger partial charge is 0.341 e. The lowest BCUT2D eigenvalue weighted by Gasteiger charge is -2.14. The summed E-state index contributed by atoms with van der Waals surface area (Å²) in [6.45, 7) is 1.80. The molecule has 0 saturated heterocycles. The summed E-state index contributed by atoms with van der Waals surface area (Å²) in [6.07, 6.45) is 0. The molecule has 0 bridgehead atoms. The molecule has 0 aromatic heterocycles. The fourth-order valence-electron chi connectivity index (χ4n) is 2.35. The van der Waals surface area contributed by atoms with Gasteiger partial charge in [0.15, 0.2) is 18.1 Å². The van der Waals surface area contributed by atoms with E-state index in [1.54, 1.807) is 25.1 Å². The topological polar surface area (TPSA) is 94.1 Å². The largest absolute Gasteiger partial charge is 0.496 e. The standard InChI is InChI=1S/C19H20ClNO6/c1-3-26-17-9-12(7-8-16(17)27-11-18(22)23)19(24)21-10-13-14(20)5-4-6-15(13)25-2/h4-9H,3,10-11H2,1-2H3,(H,21,24)(H,22,23). The van der Waals surface area contributed by atoms with Gasteiger partial charge in [0.25, 0.3) is 5.91 Å². The summed E-state index contributed by atoms with van der Waals surface area (Å²) in [5.74, 6) is -0.323. The van der Waals surface area contributed by atoms with Crippen LogP contribution in [0.4, 0.5) is 0 Å². The van der Waals surface area contributed by atoms with E-state index in [1.807, 2.05) is 0 Å². The number of methoxy groups -OCH3 is 1. The van der Waals surface area contributed by atoms with Gasteiger partial charge in [-0.1, -0.05) is 17.7 Å². The molecule has 0 heterocycles. The van der Waals surface area contributed by atoms with Crippen molar-refractivity contribution in [3.05, 3.63) is 52.5 Å². The van der Waals surface area contributed by atoms with Gasteiger partial charge in [0, 0.05) is 22.7 Å². The zero-order valence-electron chi connectivity index (χ0n) is 15.0. The molecule has 0 aliphatic rings. The first-order valence-corrected chi connectivity index (χ1v) is 8.55. The van der Waals surface area contributed by atoms with Crippen LogP contribution in [0, 0.1) is 0 Å². The zero-order chi connectivity index (χ0) is 19.8. The number of ether oxygens (including phenoxy) is 3. The van der Waals surface area contributed by atoms with Gasteiger partial charge in [-0.2, -0.15) is 0 Å². The number of hydrogen-bond donors (Lipinski definition) is 2. The molecular formula is C19H20ClNO6. The number of carbonyl (C=O) groups is 2. The van der Waals surface area contributed by atoms with Crippen LogP contribution in [0.5, 0.6) is 17.2 Å². The number of aliphatic carboxylic acids is 1. The van der Waals surface area contributed by atoms with Crippen molar-refractivity contribution in [1.29, 1.82) is 0 Å². The number of benzene rings is 2. The van der Waals surface area contributed by atoms with Gasteiger partial charge >= 0.3 is 5.97 Å². The van der Waals surface area contributed by atoms with Crippen LogP contribution in [0.3, 0.4) is 0 Å². The summed E-state index contributed by atoms with van der Waals surface area (Å²) >= 11 is 6.17. The molecule has 8 heteroatoms. The molecule has 0 aliphatic heterocycles. The van der Waals surface area contributed by atoms with Crippen molar-refractivity contribution >= 4 is 23.5 Å². The third kappa shape index (κ3) is 5.52. The molecule has 2 rings (SSSR count). The number of rotatable bonds is 9. The second-order valence-corrected chi connectivity index (χ2v) is 5.79. The Morgan fingerprint density at radius 1 is 1.11 bits per heavy atom. The van der Waals surface area contributed by atoms with Crippen LogP contribution < -0.4 is 19.5 Å². The summed E-state index contributed by atoms with van der Waals surface area (Å²) in [4.78, 5) is 23.1. The molecule has 2 aromatic carbocycles. The highest BCUT2D eigenvalue weighted by Crippen LogP contribution is 2.29. The molecule has 0 aliphatic carbocycles. The first kappa shape index (κ1) is 20.4. The van der Waals surface area contributed by atoms with Gasteiger partial charge in [0.2, 0.25) is 0 Å². The first-order valence-electron chi connectivity index (χ1n) is 8.17. The Morgan fingerprint density at radius 2 is 1.89 bits per heavy atom. The van der Waals surface area contributed by atoms with E-state index in [9.17, 15) is 9.59 Å². The highest BCUT2D eigenvalue weighted by Gasteiger charge is 2.14. The van der Waals surface area contributed by atoms with E-state index in [-0.39, 0.29) is 18.2 Å². The fraction of sp³-hybridized carbons (Fsp3) is 0.263. The minimum atomic E-state index is -1.10. The molecule has 0 spiro atoms. The number of amides is 1. The quantitative estimate of drug-likeness (QED) is 0.679. The maximum Gasteiger partial charge on any atom is 0.341 e. The molecule has 2 aromatic rings. The Labute approximate surface area is 161 Å². The van der Waals surface area contributed by atoms with Crippen LogP contribution in [0.2, 0.25) is 5.02 Å². The van der Waals surface area contributed by atoms with Crippen molar-refractivity contribution in [1.82, 2.24) is 5.32 Å². The van der Waals surface area contributed by atoms with Crippen LogP contribution in [-0.2, 0) is 11.3 Å². The molecule has 1 amide bonds. The molecular weight excluding hydrogens is 374 g/mol. The lowest BCUT2D eigenvalue weighted by atomic mass is 10.1. The molecule has 2 N–H and O–H groups in total. The Bertz CT molecular complexity index is 824. The van der Waals surface area contributed by atoms with Gasteiger partial charge in [-0.3, -0.25) is 4.79 Å². The predicted molar refractivity (Wildman–Crippen MR) is 99.9 cm³/mol. The fourth-order valence-corrected chi connectivity index (χ4v) is 2.58. The highest BCUT2D eigenvalue weighted by atomic mass is 35.5. The number of carbonyl (C=O) groups excluding carboxylic acids is 1. The van der Waals surface area contributed by atoms with E-state index in [0.717, 1.165) is 0 Å². The number of hydrogen-bond acceptors (Lipinski definition) is 5. The summed E-state index contributed by atoms with van der Waals surface area (Å²) in [5, 5.41) is 12.0. The number of carboxylic acids is 1. The van der Waals surface area contributed by atoms with Crippen LogP contribution >= 0.6 is 11.6 Å². The summed E-state index contributed by atoms with van der Waals surface area (Å²) in [5.41, 5.74) is 1.01. The van der Waals surface area contributed by atoms with Crippen LogP contribution in [0.1, 0.15) is 22.8 Å². The molecule has 0 radical (unpaired) electrons. The van der Waals surface area contributed by atoms with Crippen molar-refractivity contribution in [2.24, 2.45) is 0 Å². The van der Waals surface area contributed by atoms with E-state index in [2.05, 4.69) is 5.32 Å². The lowest BCUT2D eigenvalue weighted by molar-refractivity contribution is -0.139. The molecule has 0 saturated carbocycles. The normalized spacial score (nSPS) is 10.2.